The quantitative estimate of drug-likeness (QED) is 0.295. The molecule has 0 aromatic heterocycles. The third-order valence-electron chi connectivity index (χ3n) is 0. The molecule has 410 valence electrons. The SMILES string of the molecule is [Ta].[Ta].[Ta].[Ta].[Ta].[Ta].[Ta].[Ta].[Ta].[Ta].[Ti].[Ti].[Ti].[Ti].[Ti].[Ti].[Ti].[Ti].[Ti].[Ti].[Ti].[Ti].[Ti].[Ti].[Ti].[Ti].[Ti].[Ti].[Ti].[Ti].[Ti].[Ti].[Ti].[Ti].[Ti].[Ti].[Ti].[Ti].[Ti].[Ti].[Ti].[Ti].[Ti].[Ti].[Ti].[Ti].[Ti].[Ti].[Ti].[Ti].[Ti].[Ti].[Ti].[Ti].[Ti].[Ti].[Ti].[Ti].[Ti].[Ti].[Ti].[Ti].[Ti].[Ti].[Ti].[Ti].[Ti].[Ti].[Ti].[Ti].[Ti].[Ti].[Ti].[Ti].[Ti].[Ti].[Ti].[Ti].[Ti].[Ti].[Ti].[Ti].[Ti].[Ti].[Ti].[Ti].[Ti].[Ti].[Ti].[Ti].[Ti].[Ti].[Ti].[Ti].[Ti].[Ti].[Ti].[Ti].[Ti].[Ti]. The van der Waals surface area contributed by atoms with Crippen molar-refractivity contribution in [2.24, 2.45) is 0 Å². The number of rotatable bonds is 0. The third kappa shape index (κ3) is 940. The average Bonchev–Trinajstić information content (AvgIpc) is 0. The topological polar surface area (TPSA) is 0 Å². The Bertz CT molecular complexity index is 46.9. The van der Waals surface area contributed by atoms with E-state index in [4.69, 9.17) is 0 Å². The Morgan fingerprint density at radius 3 is 0.0200 bits per heavy atom. The molecule has 0 rings (SSSR count). The van der Waals surface area contributed by atoms with E-state index >= 15 is 0 Å². The van der Waals surface area contributed by atoms with Crippen molar-refractivity contribution in [2.75, 3.05) is 0 Å². The summed E-state index contributed by atoms with van der Waals surface area (Å²) in [6, 6.07) is 0. The summed E-state index contributed by atoms with van der Waals surface area (Å²) in [5.41, 5.74) is 0. The first-order valence-electron chi connectivity index (χ1n) is 0. The summed E-state index contributed by atoms with van der Waals surface area (Å²) in [6.07, 6.45) is 0. The van der Waals surface area contributed by atoms with Crippen molar-refractivity contribution in [1.29, 1.82) is 0 Å². The second kappa shape index (κ2) is 956. The fourth-order valence-electron chi connectivity index (χ4n) is 0. The maximum atomic E-state index is 0. The Balaban J connectivity index is 0. The zero-order valence-corrected chi connectivity index (χ0v) is 222. The van der Waals surface area contributed by atoms with Gasteiger partial charge in [0.25, 0.3) is 0 Å². The zero-order chi connectivity index (χ0) is 0. The van der Waals surface area contributed by atoms with Gasteiger partial charge in [-0.1, -0.05) is 0 Å². The first-order valence-corrected chi connectivity index (χ1v) is 0. The van der Waals surface area contributed by atoms with Gasteiger partial charge in [0.15, 0.2) is 0 Å². The predicted molar refractivity (Wildman–Crippen MR) is 0 cm³/mol. The summed E-state index contributed by atoms with van der Waals surface area (Å²) in [5, 5.41) is 0. The van der Waals surface area contributed by atoms with Crippen molar-refractivity contribution >= 4 is 0 Å². The van der Waals surface area contributed by atoms with Crippen LogP contribution < -0.4 is 0 Å². The molecule has 0 N–H and O–H groups in total. The summed E-state index contributed by atoms with van der Waals surface area (Å²) in [6.45, 7) is 0. The van der Waals surface area contributed by atoms with Crippen LogP contribution in [-0.4, -0.2) is 0 Å². The standard InChI is InChI=1S/10Ta.90Ti. The van der Waals surface area contributed by atoms with E-state index in [1.165, 1.54) is 0 Å². The van der Waals surface area contributed by atoms with Gasteiger partial charge in [-0.2, -0.15) is 0 Å². The molecule has 0 aliphatic heterocycles. The molecule has 100 heteroatoms. The van der Waals surface area contributed by atoms with Gasteiger partial charge in [0, 0.05) is 2180 Å². The fourth-order valence-corrected chi connectivity index (χ4v) is 0. The van der Waals surface area contributed by atoms with E-state index in [1.807, 2.05) is 0 Å². The van der Waals surface area contributed by atoms with Crippen LogP contribution in [-0.2, 0) is 2180 Å². The minimum absolute atomic E-state index is 0. The van der Waals surface area contributed by atoms with Crippen LogP contribution in [0.25, 0.3) is 0 Å². The molecule has 0 aromatic carbocycles. The molecule has 0 atom stereocenters. The molecule has 0 unspecified atom stereocenters. The molecule has 0 aromatic rings. The Labute approximate surface area is 2110 Å². The van der Waals surface area contributed by atoms with Gasteiger partial charge in [0.1, 0.15) is 0 Å². The van der Waals surface area contributed by atoms with E-state index in [-0.39, 0.29) is 2180 Å². The molecule has 0 saturated carbocycles. The molecule has 0 nitrogen and oxygen atoms in total. The maximum Gasteiger partial charge on any atom is 0 e. The molecule has 0 fully saturated rings. The molecule has 0 heterocycles. The largest absolute Gasteiger partial charge is 0 e. The van der Waals surface area contributed by atoms with E-state index in [9.17, 15) is 0 Å². The molecule has 0 bridgehead atoms. The van der Waals surface area contributed by atoms with Crippen LogP contribution in [0.3, 0.4) is 0 Å². The Morgan fingerprint density at radius 1 is 0.0200 bits per heavy atom. The summed E-state index contributed by atoms with van der Waals surface area (Å²) in [4.78, 5) is 0. The van der Waals surface area contributed by atoms with Crippen molar-refractivity contribution in [2.45, 2.75) is 0 Å². The normalized spacial score (nSPS) is 0. The van der Waals surface area contributed by atoms with Gasteiger partial charge in [0.2, 0.25) is 0 Å². The molecular weight excluding hydrogens is 6120 g/mol. The van der Waals surface area contributed by atoms with E-state index in [1.54, 1.807) is 0 Å². The van der Waals surface area contributed by atoms with Crippen LogP contribution in [0.1, 0.15) is 0 Å². The van der Waals surface area contributed by atoms with E-state index in [2.05, 4.69) is 0 Å². The molecule has 100 heavy (non-hydrogen) atoms. The molecule has 10 radical (unpaired) electrons. The van der Waals surface area contributed by atoms with E-state index in [0.717, 1.165) is 0 Å². The second-order valence-electron chi connectivity index (χ2n) is 0. The summed E-state index contributed by atoms with van der Waals surface area (Å²) >= 11 is 0. The summed E-state index contributed by atoms with van der Waals surface area (Å²) in [7, 11) is 0. The van der Waals surface area contributed by atoms with Gasteiger partial charge in [-0.05, 0) is 0 Å². The minimum Gasteiger partial charge on any atom is 0 e. The van der Waals surface area contributed by atoms with Crippen LogP contribution in [0.2, 0.25) is 0 Å². The molecule has 0 aliphatic rings. The zero-order valence-electron chi connectivity index (χ0n) is 49.5. The Kier molecular flexibility index (Phi) is 9310. The third-order valence-corrected chi connectivity index (χ3v) is 0. The van der Waals surface area contributed by atoms with Crippen molar-refractivity contribution in [3.05, 3.63) is 0 Å². The van der Waals surface area contributed by atoms with Gasteiger partial charge < -0.3 is 0 Å². The Morgan fingerprint density at radius 2 is 0.0200 bits per heavy atom. The van der Waals surface area contributed by atoms with Gasteiger partial charge in [-0.15, -0.1) is 0 Å². The smallest absolute Gasteiger partial charge is 0 e. The molecule has 0 amide bonds. The Hall–Kier alpha value is 71.7. The first kappa shape index (κ1) is 973. The van der Waals surface area contributed by atoms with Crippen LogP contribution in [0, 0.1) is 0 Å². The number of hydrogen-bond acceptors (Lipinski definition) is 0. The first-order chi connectivity index (χ1) is 0. The summed E-state index contributed by atoms with van der Waals surface area (Å²) < 4.78 is 0. The maximum absolute atomic E-state index is 0. The number of hydrogen-bond donors (Lipinski definition) is 0. The molecular formula is Ta10Ti90. The van der Waals surface area contributed by atoms with Crippen molar-refractivity contribution < 1.29 is 2180 Å². The van der Waals surface area contributed by atoms with Crippen molar-refractivity contribution in [3.8, 4) is 0 Å². The van der Waals surface area contributed by atoms with Gasteiger partial charge in [-0.3, -0.25) is 0 Å². The fraction of sp³-hybridized carbons (Fsp3) is 0. The minimum atomic E-state index is 0. The average molecular weight is 6120 g/mol. The van der Waals surface area contributed by atoms with E-state index in [0.29, 0.717) is 0 Å². The van der Waals surface area contributed by atoms with Crippen LogP contribution in [0.4, 0.5) is 0 Å². The van der Waals surface area contributed by atoms with E-state index < -0.39 is 0 Å². The van der Waals surface area contributed by atoms with Crippen molar-refractivity contribution in [3.63, 3.8) is 0 Å². The van der Waals surface area contributed by atoms with Crippen LogP contribution in [0.15, 0.2) is 0 Å². The van der Waals surface area contributed by atoms with Gasteiger partial charge in [0.05, 0.1) is 0 Å². The molecule has 0 spiro atoms. The second-order valence-corrected chi connectivity index (χ2v) is 0. The van der Waals surface area contributed by atoms with Gasteiger partial charge in [-0.25, -0.2) is 0 Å². The van der Waals surface area contributed by atoms with Crippen LogP contribution >= 0.6 is 0 Å². The predicted octanol–water partition coefficient (Wildman–Crippen LogP) is -0.250. The van der Waals surface area contributed by atoms with Crippen molar-refractivity contribution in [1.82, 2.24) is 0 Å². The summed E-state index contributed by atoms with van der Waals surface area (Å²) in [5.74, 6) is 0. The monoisotopic (exact) mass is 6120 g/mol. The molecule has 0 aliphatic carbocycles. The van der Waals surface area contributed by atoms with Gasteiger partial charge >= 0.3 is 0 Å². The molecule has 0 saturated heterocycles. The van der Waals surface area contributed by atoms with Crippen LogP contribution in [0.5, 0.6) is 0 Å².